The van der Waals surface area contributed by atoms with Crippen LogP contribution in [0.1, 0.15) is 26.7 Å². The summed E-state index contributed by atoms with van der Waals surface area (Å²) in [6.07, 6.45) is 1.67. The molecule has 0 atom stereocenters. The Hall–Kier alpha value is -1.64. The lowest BCUT2D eigenvalue weighted by Crippen LogP contribution is -2.10. The fourth-order valence-corrected chi connectivity index (χ4v) is 1.37. The molecule has 0 aliphatic rings. The molecule has 3 heteroatoms. The summed E-state index contributed by atoms with van der Waals surface area (Å²) in [6.45, 7) is 6.10. The van der Waals surface area contributed by atoms with Gasteiger partial charge in [-0.2, -0.15) is 0 Å². The van der Waals surface area contributed by atoms with Gasteiger partial charge in [0.2, 0.25) is 0 Å². The molecule has 0 spiro atoms. The Morgan fingerprint density at radius 3 is 2.25 bits per heavy atom. The predicted octanol–water partition coefficient (Wildman–Crippen LogP) is 3.78. The van der Waals surface area contributed by atoms with E-state index in [-0.39, 0.29) is 11.2 Å². The molecular weight excluding hydrogens is 205 g/mol. The van der Waals surface area contributed by atoms with Gasteiger partial charge in [0.05, 0.1) is 6.20 Å². The predicted molar refractivity (Wildman–Crippen MR) is 60.6 cm³/mol. The Kier molecular flexibility index (Phi) is 2.54. The van der Waals surface area contributed by atoms with Crippen molar-refractivity contribution < 1.29 is 8.81 Å². The fourth-order valence-electron chi connectivity index (χ4n) is 1.37. The van der Waals surface area contributed by atoms with Crippen molar-refractivity contribution in [3.05, 3.63) is 42.2 Å². The highest BCUT2D eigenvalue weighted by Crippen LogP contribution is 2.26. The van der Waals surface area contributed by atoms with Crippen LogP contribution >= 0.6 is 0 Å². The van der Waals surface area contributed by atoms with Gasteiger partial charge in [0.15, 0.2) is 11.7 Å². The zero-order valence-electron chi connectivity index (χ0n) is 9.62. The third-order valence-electron chi connectivity index (χ3n) is 2.28. The molecule has 1 aromatic carbocycles. The fraction of sp³-hybridized carbons (Fsp3) is 0.308. The molecule has 2 rings (SSSR count). The molecule has 0 aliphatic heterocycles. The molecule has 16 heavy (non-hydrogen) atoms. The van der Waals surface area contributed by atoms with Crippen molar-refractivity contribution in [3.8, 4) is 11.3 Å². The topological polar surface area (TPSA) is 26.0 Å². The van der Waals surface area contributed by atoms with E-state index >= 15 is 0 Å². The van der Waals surface area contributed by atoms with Crippen LogP contribution in [0, 0.1) is 5.82 Å². The first-order valence-corrected chi connectivity index (χ1v) is 5.19. The number of nitrogens with zero attached hydrogens (tertiary/aromatic N) is 1. The quantitative estimate of drug-likeness (QED) is 0.729. The standard InChI is InChI=1S/C13H14FNO/c1-13(2,3)12-15-8-11(16-12)9-4-6-10(14)7-5-9/h4-8H,1-3H3. The number of rotatable bonds is 1. The normalized spacial score (nSPS) is 11.8. The summed E-state index contributed by atoms with van der Waals surface area (Å²) in [5, 5.41) is 0. The first kappa shape index (κ1) is 10.9. The summed E-state index contributed by atoms with van der Waals surface area (Å²) in [6, 6.07) is 6.19. The lowest BCUT2D eigenvalue weighted by Gasteiger charge is -2.12. The molecule has 2 aromatic rings. The Bertz CT molecular complexity index is 479. The van der Waals surface area contributed by atoms with Crippen LogP contribution in [-0.4, -0.2) is 4.98 Å². The van der Waals surface area contributed by atoms with Crippen LogP contribution in [0.15, 0.2) is 34.9 Å². The van der Waals surface area contributed by atoms with E-state index in [1.165, 1.54) is 12.1 Å². The van der Waals surface area contributed by atoms with Gasteiger partial charge < -0.3 is 4.42 Å². The molecule has 2 nitrogen and oxygen atoms in total. The van der Waals surface area contributed by atoms with E-state index in [0.717, 1.165) is 5.56 Å². The van der Waals surface area contributed by atoms with Gasteiger partial charge in [-0.15, -0.1) is 0 Å². The van der Waals surface area contributed by atoms with Gasteiger partial charge in [-0.25, -0.2) is 9.37 Å². The number of oxazole rings is 1. The molecule has 0 N–H and O–H groups in total. The summed E-state index contributed by atoms with van der Waals surface area (Å²) in [5.41, 5.74) is 0.725. The molecule has 1 aromatic heterocycles. The van der Waals surface area contributed by atoms with Crippen LogP contribution in [0.5, 0.6) is 0 Å². The van der Waals surface area contributed by atoms with Crippen molar-refractivity contribution in [1.82, 2.24) is 4.98 Å². The Morgan fingerprint density at radius 2 is 1.75 bits per heavy atom. The summed E-state index contributed by atoms with van der Waals surface area (Å²) >= 11 is 0. The minimum atomic E-state index is -0.251. The third-order valence-corrected chi connectivity index (χ3v) is 2.28. The highest BCUT2D eigenvalue weighted by Gasteiger charge is 2.20. The van der Waals surface area contributed by atoms with Crippen molar-refractivity contribution >= 4 is 0 Å². The summed E-state index contributed by atoms with van der Waals surface area (Å²) in [4.78, 5) is 4.23. The number of aromatic nitrogens is 1. The van der Waals surface area contributed by atoms with Gasteiger partial charge >= 0.3 is 0 Å². The largest absolute Gasteiger partial charge is 0.440 e. The second-order valence-corrected chi connectivity index (χ2v) is 4.79. The minimum Gasteiger partial charge on any atom is -0.440 e. The smallest absolute Gasteiger partial charge is 0.200 e. The van der Waals surface area contributed by atoms with Crippen LogP contribution in [0.3, 0.4) is 0 Å². The van der Waals surface area contributed by atoms with E-state index in [9.17, 15) is 4.39 Å². The van der Waals surface area contributed by atoms with E-state index in [1.54, 1.807) is 18.3 Å². The average molecular weight is 219 g/mol. The van der Waals surface area contributed by atoms with E-state index in [2.05, 4.69) is 4.98 Å². The van der Waals surface area contributed by atoms with Gasteiger partial charge in [-0.1, -0.05) is 20.8 Å². The van der Waals surface area contributed by atoms with Gasteiger partial charge in [0.1, 0.15) is 5.82 Å². The second-order valence-electron chi connectivity index (χ2n) is 4.79. The summed E-state index contributed by atoms with van der Waals surface area (Å²) < 4.78 is 18.4. The van der Waals surface area contributed by atoms with Gasteiger partial charge in [-0.05, 0) is 24.3 Å². The first-order valence-electron chi connectivity index (χ1n) is 5.19. The average Bonchev–Trinajstić information content (AvgIpc) is 2.67. The van der Waals surface area contributed by atoms with Crippen molar-refractivity contribution in [2.24, 2.45) is 0 Å². The van der Waals surface area contributed by atoms with Gasteiger partial charge in [0, 0.05) is 11.0 Å². The Labute approximate surface area is 94.1 Å². The number of hydrogen-bond donors (Lipinski definition) is 0. The first-order chi connectivity index (χ1) is 7.47. The monoisotopic (exact) mass is 219 g/mol. The van der Waals surface area contributed by atoms with Crippen LogP contribution in [-0.2, 0) is 5.41 Å². The van der Waals surface area contributed by atoms with E-state index < -0.39 is 0 Å². The SMILES string of the molecule is CC(C)(C)c1ncc(-c2ccc(F)cc2)o1. The Morgan fingerprint density at radius 1 is 1.12 bits per heavy atom. The number of benzene rings is 1. The zero-order chi connectivity index (χ0) is 11.8. The molecule has 0 fully saturated rings. The van der Waals surface area contributed by atoms with Crippen molar-refractivity contribution in [1.29, 1.82) is 0 Å². The maximum absolute atomic E-state index is 12.8. The van der Waals surface area contributed by atoms with Crippen molar-refractivity contribution in [3.63, 3.8) is 0 Å². The molecule has 84 valence electrons. The van der Waals surface area contributed by atoms with Crippen molar-refractivity contribution in [2.45, 2.75) is 26.2 Å². The zero-order valence-corrected chi connectivity index (χ0v) is 9.62. The molecule has 0 bridgehead atoms. The lowest BCUT2D eigenvalue weighted by molar-refractivity contribution is 0.399. The highest BCUT2D eigenvalue weighted by molar-refractivity contribution is 5.56. The molecule has 0 saturated heterocycles. The van der Waals surface area contributed by atoms with E-state index in [1.807, 2.05) is 20.8 Å². The maximum atomic E-state index is 12.8. The van der Waals surface area contributed by atoms with Crippen LogP contribution in [0.4, 0.5) is 4.39 Å². The lowest BCUT2D eigenvalue weighted by atomic mass is 9.97. The molecular formula is C13H14FNO. The number of hydrogen-bond acceptors (Lipinski definition) is 2. The van der Waals surface area contributed by atoms with E-state index in [0.29, 0.717) is 11.7 Å². The molecule has 0 amide bonds. The van der Waals surface area contributed by atoms with Crippen LogP contribution in [0.2, 0.25) is 0 Å². The third kappa shape index (κ3) is 2.13. The Balaban J connectivity index is 2.35. The molecule has 0 aliphatic carbocycles. The molecule has 1 heterocycles. The van der Waals surface area contributed by atoms with Crippen molar-refractivity contribution in [2.75, 3.05) is 0 Å². The number of halogens is 1. The van der Waals surface area contributed by atoms with E-state index in [4.69, 9.17) is 4.42 Å². The van der Waals surface area contributed by atoms with Crippen LogP contribution < -0.4 is 0 Å². The maximum Gasteiger partial charge on any atom is 0.200 e. The van der Waals surface area contributed by atoms with Crippen LogP contribution in [0.25, 0.3) is 11.3 Å². The molecule has 0 unspecified atom stereocenters. The second kappa shape index (κ2) is 3.74. The van der Waals surface area contributed by atoms with Gasteiger partial charge in [-0.3, -0.25) is 0 Å². The summed E-state index contributed by atoms with van der Waals surface area (Å²) in [7, 11) is 0. The van der Waals surface area contributed by atoms with Gasteiger partial charge in [0.25, 0.3) is 0 Å². The molecule has 0 radical (unpaired) electrons. The molecule has 0 saturated carbocycles. The minimum absolute atomic E-state index is 0.113. The summed E-state index contributed by atoms with van der Waals surface area (Å²) in [5.74, 6) is 1.11. The highest BCUT2D eigenvalue weighted by atomic mass is 19.1.